The number of rotatable bonds is 27. The van der Waals surface area contributed by atoms with Gasteiger partial charge in [-0.2, -0.15) is 58.7 Å². The van der Waals surface area contributed by atoms with Gasteiger partial charge in [-0.25, -0.2) is 0 Å². The predicted octanol–water partition coefficient (Wildman–Crippen LogP) is 12.7. The molecule has 0 unspecified atom stereocenters. The fourth-order valence-corrected chi connectivity index (χ4v) is 10.2. The van der Waals surface area contributed by atoms with Gasteiger partial charge in [-0.1, -0.05) is 147 Å². The molecule has 9 N–H and O–H groups in total. The molecule has 0 aliphatic rings. The van der Waals surface area contributed by atoms with Crippen molar-refractivity contribution in [2.45, 2.75) is 137 Å². The first-order valence-corrected chi connectivity index (χ1v) is 32.1. The lowest BCUT2D eigenvalue weighted by atomic mass is 10.1. The fourth-order valence-electron chi connectivity index (χ4n) is 10.2. The van der Waals surface area contributed by atoms with Crippen LogP contribution in [0.1, 0.15) is 133 Å². The number of aliphatic hydroxyl groups excluding tert-OH is 3. The summed E-state index contributed by atoms with van der Waals surface area (Å²) in [6.45, 7) is 20.5. The molecule has 94 heavy (non-hydrogen) atoms. The number of aromatic nitrogens is 13. The summed E-state index contributed by atoms with van der Waals surface area (Å²) in [7, 11) is 0. The van der Waals surface area contributed by atoms with Gasteiger partial charge in [0, 0.05) is 59.2 Å². The largest absolute Gasteiger partial charge is 0.472 e. The highest BCUT2D eigenvalue weighted by atomic mass is 16.3. The van der Waals surface area contributed by atoms with Crippen molar-refractivity contribution in [2.24, 2.45) is 0 Å². The lowest BCUT2D eigenvalue weighted by Crippen LogP contribution is -2.24. The zero-order valence-corrected chi connectivity index (χ0v) is 54.7. The van der Waals surface area contributed by atoms with E-state index < -0.39 is 0 Å². The summed E-state index contributed by atoms with van der Waals surface area (Å²) in [5.41, 5.74) is 15.0. The molecular formula is C70H85N19O5. The minimum Gasteiger partial charge on any atom is -0.472 e. The van der Waals surface area contributed by atoms with E-state index in [-0.39, 0.29) is 55.7 Å². The molecule has 24 nitrogen and oxygen atoms in total. The lowest BCUT2D eigenvalue weighted by molar-refractivity contribution is 0.271. The van der Waals surface area contributed by atoms with Crippen LogP contribution in [0, 0.1) is 0 Å². The topological polar surface area (TPSA) is 301 Å². The standard InChI is InChI=1S/C24H29N7O.2C23H28N6O2/c1-4-19(15-32)28-23-29-22-20(16(2)3)14-27-31(22)24(30-23)26-13-17-10-11-21(25-12-17)18-8-6-5-7-9-18;2*1-4-19(13-30)26-22-27-21-20(15(2)3)12-25-29(21)23(28-22)24-11-16-5-7-17(8-6-16)18-9-10-31-14-18/h5-12,14,16,19,32H,4,13,15H2,1-3H3,(H2,26,28,29,30);2*5-10,12,14-15,19,30H,4,11,13H2,1-3H3,(H2,24,26,27,28)/t3*19-/m110/s1. The highest BCUT2D eigenvalue weighted by molar-refractivity contribution is 5.65. The van der Waals surface area contributed by atoms with Crippen molar-refractivity contribution in [1.29, 1.82) is 0 Å². The molecule has 0 saturated carbocycles. The molecule has 3 aromatic carbocycles. The molecule has 0 radical (unpaired) electrons. The Hall–Kier alpha value is -10.3. The second-order valence-electron chi connectivity index (χ2n) is 23.8. The molecule has 0 amide bonds. The van der Waals surface area contributed by atoms with Crippen molar-refractivity contribution in [3.05, 3.63) is 186 Å². The Morgan fingerprint density at radius 2 is 0.755 bits per heavy atom. The zero-order valence-electron chi connectivity index (χ0n) is 54.7. The Labute approximate surface area is 546 Å². The van der Waals surface area contributed by atoms with E-state index in [0.717, 1.165) is 103 Å². The number of hydrogen-bond donors (Lipinski definition) is 9. The van der Waals surface area contributed by atoms with Gasteiger partial charge in [0.1, 0.15) is 0 Å². The van der Waals surface area contributed by atoms with E-state index in [2.05, 4.69) is 178 Å². The van der Waals surface area contributed by atoms with E-state index in [1.54, 1.807) is 38.6 Å². The maximum absolute atomic E-state index is 9.57. The molecule has 24 heteroatoms. The van der Waals surface area contributed by atoms with Crippen molar-refractivity contribution < 1.29 is 24.2 Å². The van der Waals surface area contributed by atoms with E-state index in [4.69, 9.17) is 8.83 Å². The van der Waals surface area contributed by atoms with Crippen LogP contribution in [-0.2, 0) is 19.6 Å². The first-order chi connectivity index (χ1) is 45.8. The van der Waals surface area contributed by atoms with Gasteiger partial charge < -0.3 is 56.1 Å². The van der Waals surface area contributed by atoms with Gasteiger partial charge in [-0.3, -0.25) is 4.98 Å². The maximum atomic E-state index is 9.57. The zero-order chi connectivity index (χ0) is 66.1. The van der Waals surface area contributed by atoms with Gasteiger partial charge in [-0.15, -0.1) is 0 Å². The van der Waals surface area contributed by atoms with Gasteiger partial charge in [0.2, 0.25) is 35.7 Å². The number of nitrogens with one attached hydrogen (secondary N) is 6. The summed E-state index contributed by atoms with van der Waals surface area (Å²) in [5, 5.41) is 62.0. The Morgan fingerprint density at radius 3 is 1.06 bits per heavy atom. The number of benzene rings is 3. The number of furan rings is 2. The van der Waals surface area contributed by atoms with Crippen molar-refractivity contribution in [3.8, 4) is 33.5 Å². The molecule has 12 aromatic rings. The smallest absolute Gasteiger partial charge is 0.229 e. The van der Waals surface area contributed by atoms with Gasteiger partial charge in [-0.05, 0) is 83.0 Å². The van der Waals surface area contributed by atoms with E-state index >= 15 is 0 Å². The number of anilines is 6. The predicted molar refractivity (Wildman–Crippen MR) is 369 cm³/mol. The summed E-state index contributed by atoms with van der Waals surface area (Å²) in [6, 6.07) is 34.4. The van der Waals surface area contributed by atoms with Crippen LogP contribution in [0.3, 0.4) is 0 Å². The Balaban J connectivity index is 0.000000154. The fraction of sp³-hybridized carbons (Fsp3) is 0.343. The van der Waals surface area contributed by atoms with E-state index in [9.17, 15) is 15.3 Å². The minimum atomic E-state index is -0.106. The van der Waals surface area contributed by atoms with Crippen molar-refractivity contribution in [2.75, 3.05) is 51.7 Å². The van der Waals surface area contributed by atoms with Crippen LogP contribution >= 0.6 is 0 Å². The third-order valence-corrected chi connectivity index (χ3v) is 16.1. The molecule has 490 valence electrons. The molecule has 9 heterocycles. The quantitative estimate of drug-likeness (QED) is 0.0231. The number of fused-ring (bicyclic) bond motifs is 3. The van der Waals surface area contributed by atoms with Crippen LogP contribution < -0.4 is 31.9 Å². The van der Waals surface area contributed by atoms with E-state index in [0.29, 0.717) is 55.3 Å². The first kappa shape index (κ1) is 66.6. The van der Waals surface area contributed by atoms with Gasteiger partial charge in [0.25, 0.3) is 0 Å². The van der Waals surface area contributed by atoms with Gasteiger partial charge in [0.05, 0.1) is 87.3 Å². The van der Waals surface area contributed by atoms with Crippen LogP contribution in [0.4, 0.5) is 35.7 Å². The number of hydrogen-bond acceptors (Lipinski definition) is 21. The van der Waals surface area contributed by atoms with Crippen LogP contribution in [0.2, 0.25) is 0 Å². The summed E-state index contributed by atoms with van der Waals surface area (Å²) in [6.07, 6.45) is 16.5. The summed E-state index contributed by atoms with van der Waals surface area (Å²) in [5.74, 6) is 4.06. The monoisotopic (exact) mass is 1270 g/mol. The second-order valence-corrected chi connectivity index (χ2v) is 23.8. The normalized spacial score (nSPS) is 12.4. The first-order valence-electron chi connectivity index (χ1n) is 32.1. The highest BCUT2D eigenvalue weighted by Gasteiger charge is 2.21. The SMILES string of the molecule is CC[C@@H](CO)Nc1nc(NCc2ccc(-c3ccoc3)cc2)n2ncc(C(C)C)c2n1.CC[C@H](CO)Nc1nc(NCc2ccc(-c3ccccc3)nc2)n2ncc(C(C)C)c2n1.CC[C@H](CO)Nc1nc(NCc2ccc(-c3ccoc3)cc2)n2ncc(C(C)C)c2n1. The average Bonchev–Trinajstić information content (AvgIpc) is 1.63. The molecule has 0 aliphatic heterocycles. The van der Waals surface area contributed by atoms with Gasteiger partial charge in [0.15, 0.2) is 16.9 Å². The maximum Gasteiger partial charge on any atom is 0.229 e. The van der Waals surface area contributed by atoms with Crippen LogP contribution in [0.5, 0.6) is 0 Å². The minimum absolute atomic E-state index is 0.0174. The summed E-state index contributed by atoms with van der Waals surface area (Å²) in [4.78, 5) is 32.5. The molecule has 0 spiro atoms. The van der Waals surface area contributed by atoms with Crippen LogP contribution in [0.25, 0.3) is 50.5 Å². The Morgan fingerprint density at radius 1 is 0.394 bits per heavy atom. The molecule has 0 aliphatic carbocycles. The van der Waals surface area contributed by atoms with Crippen LogP contribution in [0.15, 0.2) is 162 Å². The van der Waals surface area contributed by atoms with Gasteiger partial charge >= 0.3 is 0 Å². The molecular weight excluding hydrogens is 1190 g/mol. The molecule has 0 fully saturated rings. The number of nitrogens with zero attached hydrogens (tertiary/aromatic N) is 13. The van der Waals surface area contributed by atoms with Crippen molar-refractivity contribution in [1.82, 2.24) is 63.7 Å². The molecule has 0 bridgehead atoms. The molecule has 12 rings (SSSR count). The second kappa shape index (κ2) is 31.8. The average molecular weight is 1270 g/mol. The summed E-state index contributed by atoms with van der Waals surface area (Å²) >= 11 is 0. The van der Waals surface area contributed by atoms with Crippen molar-refractivity contribution in [3.63, 3.8) is 0 Å². The van der Waals surface area contributed by atoms with E-state index in [1.165, 1.54) is 0 Å². The lowest BCUT2D eigenvalue weighted by Gasteiger charge is -2.16. The third-order valence-electron chi connectivity index (χ3n) is 16.1. The Bertz CT molecular complexity index is 4070. The molecule has 9 aromatic heterocycles. The van der Waals surface area contributed by atoms with Crippen molar-refractivity contribution >= 4 is 52.6 Å². The van der Waals surface area contributed by atoms with E-state index in [1.807, 2.05) is 94.1 Å². The third kappa shape index (κ3) is 16.5. The molecule has 3 atom stereocenters. The Kier molecular flexibility index (Phi) is 22.6. The number of pyridine rings is 1. The molecule has 0 saturated heterocycles. The highest BCUT2D eigenvalue weighted by Crippen LogP contribution is 2.28. The number of aliphatic hydroxyl groups is 3. The van der Waals surface area contributed by atoms with Crippen LogP contribution in [-0.4, -0.2) is 117 Å². The summed E-state index contributed by atoms with van der Waals surface area (Å²) < 4.78 is 15.5.